The summed E-state index contributed by atoms with van der Waals surface area (Å²) in [6.45, 7) is 4.42. The molecule has 154 valence electrons. The SMILES string of the molecule is CN(C)Cc1cc(C=CC(=O)c2ccc(Br)cc2N2CCN(C)CC2)ccc1O. The summed E-state index contributed by atoms with van der Waals surface area (Å²) in [6, 6.07) is 11.2. The van der Waals surface area contributed by atoms with Crippen LogP contribution in [-0.4, -0.2) is 68.0 Å². The number of carbonyl (C=O) groups excluding carboxylic acids is 1. The van der Waals surface area contributed by atoms with E-state index in [0.717, 1.165) is 47.5 Å². The van der Waals surface area contributed by atoms with Crippen LogP contribution in [0.4, 0.5) is 5.69 Å². The highest BCUT2D eigenvalue weighted by Gasteiger charge is 2.19. The van der Waals surface area contributed by atoms with E-state index in [-0.39, 0.29) is 11.5 Å². The first-order valence-electron chi connectivity index (χ1n) is 9.75. The maximum Gasteiger partial charge on any atom is 0.187 e. The third kappa shape index (κ3) is 5.69. The second-order valence-corrected chi connectivity index (χ2v) is 8.69. The number of rotatable bonds is 6. The van der Waals surface area contributed by atoms with Crippen LogP contribution in [-0.2, 0) is 6.54 Å². The number of hydrogen-bond acceptors (Lipinski definition) is 5. The van der Waals surface area contributed by atoms with Crippen LogP contribution in [0.3, 0.4) is 0 Å². The molecule has 2 aromatic rings. The van der Waals surface area contributed by atoms with Gasteiger partial charge in [-0.15, -0.1) is 0 Å². The van der Waals surface area contributed by atoms with Crippen molar-refractivity contribution in [3.8, 4) is 5.75 Å². The molecule has 1 aliphatic rings. The van der Waals surface area contributed by atoms with Crippen molar-refractivity contribution in [2.24, 2.45) is 0 Å². The maximum absolute atomic E-state index is 13.0. The van der Waals surface area contributed by atoms with Crippen LogP contribution in [0.25, 0.3) is 6.08 Å². The lowest BCUT2D eigenvalue weighted by atomic mass is 10.0. The average Bonchev–Trinajstić information content (AvgIpc) is 2.68. The van der Waals surface area contributed by atoms with Crippen LogP contribution in [0.5, 0.6) is 5.75 Å². The summed E-state index contributed by atoms with van der Waals surface area (Å²) in [4.78, 5) is 19.6. The van der Waals surface area contributed by atoms with Crippen LogP contribution >= 0.6 is 15.9 Å². The Kier molecular flexibility index (Phi) is 7.11. The van der Waals surface area contributed by atoms with E-state index in [0.29, 0.717) is 12.1 Å². The van der Waals surface area contributed by atoms with E-state index in [1.807, 2.05) is 55.4 Å². The first kappa shape index (κ1) is 21.6. The molecule has 2 aromatic carbocycles. The van der Waals surface area contributed by atoms with Crippen LogP contribution in [0, 0.1) is 0 Å². The van der Waals surface area contributed by atoms with Gasteiger partial charge in [-0.05, 0) is 63.1 Å². The van der Waals surface area contributed by atoms with Crippen LogP contribution in [0.15, 0.2) is 46.9 Å². The van der Waals surface area contributed by atoms with Crippen LogP contribution in [0.1, 0.15) is 21.5 Å². The number of nitrogens with zero attached hydrogens (tertiary/aromatic N) is 3. The lowest BCUT2D eigenvalue weighted by Crippen LogP contribution is -2.45. The minimum absolute atomic E-state index is 0.0198. The van der Waals surface area contributed by atoms with Gasteiger partial charge in [0.15, 0.2) is 5.78 Å². The highest BCUT2D eigenvalue weighted by Crippen LogP contribution is 2.27. The summed E-state index contributed by atoms with van der Waals surface area (Å²) < 4.78 is 0.971. The quantitative estimate of drug-likeness (QED) is 0.526. The number of piperazine rings is 1. The van der Waals surface area contributed by atoms with Crippen LogP contribution in [0.2, 0.25) is 0 Å². The van der Waals surface area contributed by atoms with Gasteiger partial charge in [-0.2, -0.15) is 0 Å². The Balaban J connectivity index is 1.82. The lowest BCUT2D eigenvalue weighted by Gasteiger charge is -2.35. The number of likely N-dealkylation sites (N-methyl/N-ethyl adjacent to an activating group) is 1. The van der Waals surface area contributed by atoms with Gasteiger partial charge in [-0.3, -0.25) is 4.79 Å². The molecule has 6 heteroatoms. The molecule has 1 aliphatic heterocycles. The first-order chi connectivity index (χ1) is 13.8. The average molecular weight is 458 g/mol. The summed E-state index contributed by atoms with van der Waals surface area (Å²) >= 11 is 3.54. The fraction of sp³-hybridized carbons (Fsp3) is 0.348. The number of anilines is 1. The third-order valence-corrected chi connectivity index (χ3v) is 5.58. The van der Waals surface area contributed by atoms with Gasteiger partial charge in [0.2, 0.25) is 0 Å². The topological polar surface area (TPSA) is 47.0 Å². The van der Waals surface area contributed by atoms with Crippen molar-refractivity contribution in [3.63, 3.8) is 0 Å². The zero-order valence-electron chi connectivity index (χ0n) is 17.2. The Hall–Kier alpha value is -2.15. The normalized spacial score (nSPS) is 15.4. The van der Waals surface area contributed by atoms with Crippen molar-refractivity contribution >= 4 is 33.5 Å². The summed E-state index contributed by atoms with van der Waals surface area (Å²) in [7, 11) is 6.03. The largest absolute Gasteiger partial charge is 0.508 e. The molecular weight excluding hydrogens is 430 g/mol. The highest BCUT2D eigenvalue weighted by atomic mass is 79.9. The molecule has 0 aliphatic carbocycles. The van der Waals surface area contributed by atoms with Crippen molar-refractivity contribution in [3.05, 3.63) is 63.6 Å². The molecular formula is C23H28BrN3O2. The van der Waals surface area contributed by atoms with Gasteiger partial charge in [0.05, 0.1) is 0 Å². The van der Waals surface area contributed by atoms with Crippen molar-refractivity contribution in [2.45, 2.75) is 6.54 Å². The minimum Gasteiger partial charge on any atom is -0.508 e. The summed E-state index contributed by atoms with van der Waals surface area (Å²) in [5, 5.41) is 10.0. The molecule has 0 unspecified atom stereocenters. The number of phenolic OH excluding ortho intramolecular Hbond substituents is 1. The van der Waals surface area contributed by atoms with E-state index in [1.165, 1.54) is 0 Å². The molecule has 1 saturated heterocycles. The Morgan fingerprint density at radius 3 is 2.55 bits per heavy atom. The summed E-state index contributed by atoms with van der Waals surface area (Å²) in [5.41, 5.74) is 3.42. The van der Waals surface area contributed by atoms with E-state index in [4.69, 9.17) is 0 Å². The van der Waals surface area contributed by atoms with Crippen molar-refractivity contribution in [2.75, 3.05) is 52.2 Å². The number of ketones is 1. The Morgan fingerprint density at radius 2 is 1.86 bits per heavy atom. The second-order valence-electron chi connectivity index (χ2n) is 7.78. The number of aromatic hydroxyl groups is 1. The maximum atomic E-state index is 13.0. The standard InChI is InChI=1S/C23H28BrN3O2/c1-25(2)16-18-14-17(4-8-22(18)28)5-9-23(29)20-7-6-19(24)15-21(20)27-12-10-26(3)11-13-27/h4-9,14-15,28H,10-13,16H2,1-3H3. The Labute approximate surface area is 181 Å². The fourth-order valence-corrected chi connectivity index (χ4v) is 3.81. The molecule has 5 nitrogen and oxygen atoms in total. The Morgan fingerprint density at radius 1 is 1.14 bits per heavy atom. The van der Waals surface area contributed by atoms with Gasteiger partial charge in [0.1, 0.15) is 5.75 Å². The van der Waals surface area contributed by atoms with Gasteiger partial charge >= 0.3 is 0 Å². The molecule has 0 radical (unpaired) electrons. The number of phenols is 1. The van der Waals surface area contributed by atoms with Crippen molar-refractivity contribution < 1.29 is 9.90 Å². The molecule has 0 aromatic heterocycles. The Bertz CT molecular complexity index is 903. The van der Waals surface area contributed by atoms with Gasteiger partial charge < -0.3 is 19.8 Å². The fourth-order valence-electron chi connectivity index (χ4n) is 3.46. The smallest absolute Gasteiger partial charge is 0.187 e. The molecule has 0 saturated carbocycles. The lowest BCUT2D eigenvalue weighted by molar-refractivity contribution is 0.104. The minimum atomic E-state index is -0.0198. The zero-order chi connectivity index (χ0) is 21.0. The molecule has 0 amide bonds. The van der Waals surface area contributed by atoms with E-state index >= 15 is 0 Å². The predicted molar refractivity (Wildman–Crippen MR) is 123 cm³/mol. The van der Waals surface area contributed by atoms with Gasteiger partial charge in [-0.25, -0.2) is 0 Å². The molecule has 1 heterocycles. The van der Waals surface area contributed by atoms with E-state index in [9.17, 15) is 9.90 Å². The number of benzene rings is 2. The molecule has 3 rings (SSSR count). The number of carbonyl (C=O) groups is 1. The monoisotopic (exact) mass is 457 g/mol. The summed E-state index contributed by atoms with van der Waals surface area (Å²) in [5.74, 6) is 0.251. The molecule has 1 fully saturated rings. The van der Waals surface area contributed by atoms with Crippen molar-refractivity contribution in [1.29, 1.82) is 0 Å². The molecule has 0 bridgehead atoms. The highest BCUT2D eigenvalue weighted by molar-refractivity contribution is 9.10. The second kappa shape index (κ2) is 9.57. The number of halogens is 1. The first-order valence-corrected chi connectivity index (χ1v) is 10.5. The number of allylic oxidation sites excluding steroid dienone is 1. The molecule has 0 atom stereocenters. The van der Waals surface area contributed by atoms with Crippen molar-refractivity contribution in [1.82, 2.24) is 9.80 Å². The third-order valence-electron chi connectivity index (χ3n) is 5.09. The molecule has 0 spiro atoms. The van der Waals surface area contributed by atoms with Gasteiger partial charge in [0.25, 0.3) is 0 Å². The van der Waals surface area contributed by atoms with E-state index in [2.05, 4.69) is 32.8 Å². The van der Waals surface area contributed by atoms with Gasteiger partial charge in [-0.1, -0.05) is 28.1 Å². The number of hydrogen-bond donors (Lipinski definition) is 1. The van der Waals surface area contributed by atoms with E-state index in [1.54, 1.807) is 12.1 Å². The van der Waals surface area contributed by atoms with Gasteiger partial charge in [0, 0.05) is 54.0 Å². The molecule has 29 heavy (non-hydrogen) atoms. The predicted octanol–water partition coefficient (Wildman–Crippen LogP) is 3.86. The van der Waals surface area contributed by atoms with Crippen LogP contribution < -0.4 is 4.90 Å². The molecule has 1 N–H and O–H groups in total. The van der Waals surface area contributed by atoms with E-state index < -0.39 is 0 Å². The zero-order valence-corrected chi connectivity index (χ0v) is 18.8. The summed E-state index contributed by atoms with van der Waals surface area (Å²) in [6.07, 6.45) is 3.44.